The maximum Gasteiger partial charge on any atom is 0.234 e. The zero-order chi connectivity index (χ0) is 14.4. The van der Waals surface area contributed by atoms with E-state index in [0.717, 1.165) is 38.4 Å². The summed E-state index contributed by atoms with van der Waals surface area (Å²) in [4.78, 5) is 16.2. The van der Waals surface area contributed by atoms with Gasteiger partial charge in [0, 0.05) is 45.0 Å². The van der Waals surface area contributed by atoms with Crippen LogP contribution in [0.2, 0.25) is 0 Å². The van der Waals surface area contributed by atoms with Crippen LogP contribution in [0.4, 0.5) is 5.69 Å². The number of amides is 1. The molecule has 7 heteroatoms. The number of benzene rings is 1. The third-order valence-electron chi connectivity index (χ3n) is 3.56. The second-order valence-electron chi connectivity index (χ2n) is 5.25. The molecule has 0 atom stereocenters. The van der Waals surface area contributed by atoms with Gasteiger partial charge in [0.15, 0.2) is 0 Å². The number of piperazine rings is 1. The van der Waals surface area contributed by atoms with Crippen molar-refractivity contribution in [2.45, 2.75) is 13.5 Å². The number of nitrogen functional groups attached to an aromatic ring is 1. The molecule has 1 aromatic rings. The minimum Gasteiger partial charge on any atom is -0.399 e. The van der Waals surface area contributed by atoms with Crippen molar-refractivity contribution in [3.05, 3.63) is 29.8 Å². The molecule has 3 N–H and O–H groups in total. The maximum absolute atomic E-state index is 11.5. The number of carbonyl (C=O) groups excluding carboxylic acids is 1. The molecule has 1 amide bonds. The van der Waals surface area contributed by atoms with Crippen LogP contribution in [0.1, 0.15) is 12.5 Å². The zero-order valence-electron chi connectivity index (χ0n) is 13.0. The van der Waals surface area contributed by atoms with Crippen molar-refractivity contribution < 1.29 is 4.79 Å². The highest BCUT2D eigenvalue weighted by Gasteiger charge is 2.18. The number of nitrogens with one attached hydrogen (secondary N) is 1. The smallest absolute Gasteiger partial charge is 0.234 e. The van der Waals surface area contributed by atoms with Crippen molar-refractivity contribution in [3.8, 4) is 0 Å². The molecule has 0 aliphatic carbocycles. The first-order valence-corrected chi connectivity index (χ1v) is 7.23. The average Bonchev–Trinajstić information content (AvgIpc) is 2.41. The van der Waals surface area contributed by atoms with E-state index in [2.05, 4.69) is 21.2 Å². The lowest BCUT2D eigenvalue weighted by Gasteiger charge is -2.34. The lowest BCUT2D eigenvalue weighted by Crippen LogP contribution is -2.49. The Bertz CT molecular complexity index is 451. The lowest BCUT2D eigenvalue weighted by molar-refractivity contribution is -0.122. The number of anilines is 1. The van der Waals surface area contributed by atoms with Gasteiger partial charge in [-0.15, -0.1) is 24.8 Å². The Morgan fingerprint density at radius 1 is 1.18 bits per heavy atom. The molecule has 0 bridgehead atoms. The Morgan fingerprint density at radius 3 is 2.41 bits per heavy atom. The average molecular weight is 349 g/mol. The summed E-state index contributed by atoms with van der Waals surface area (Å²) in [5, 5.41) is 2.84. The summed E-state index contributed by atoms with van der Waals surface area (Å²) >= 11 is 0. The predicted octanol–water partition coefficient (Wildman–Crippen LogP) is 1.37. The Labute approximate surface area is 145 Å². The second kappa shape index (κ2) is 10.7. The van der Waals surface area contributed by atoms with Crippen LogP contribution in [0.3, 0.4) is 0 Å². The minimum atomic E-state index is 0. The summed E-state index contributed by atoms with van der Waals surface area (Å²) in [6, 6.07) is 8.04. The molecule has 2 rings (SSSR count). The van der Waals surface area contributed by atoms with Crippen LogP contribution < -0.4 is 11.1 Å². The molecule has 1 fully saturated rings. The van der Waals surface area contributed by atoms with Crippen LogP contribution >= 0.6 is 24.8 Å². The minimum absolute atomic E-state index is 0. The molecule has 0 radical (unpaired) electrons. The summed E-state index contributed by atoms with van der Waals surface area (Å²) in [7, 11) is 0. The summed E-state index contributed by atoms with van der Waals surface area (Å²) in [6.45, 7) is 7.97. The van der Waals surface area contributed by atoms with Gasteiger partial charge in [0.1, 0.15) is 0 Å². The monoisotopic (exact) mass is 348 g/mol. The zero-order valence-corrected chi connectivity index (χ0v) is 14.6. The molecule has 1 aromatic carbocycles. The van der Waals surface area contributed by atoms with Crippen molar-refractivity contribution in [2.75, 3.05) is 45.0 Å². The first kappa shape index (κ1) is 21.0. The molecule has 1 aliphatic heterocycles. The molecule has 0 spiro atoms. The van der Waals surface area contributed by atoms with E-state index >= 15 is 0 Å². The molecule has 0 saturated carbocycles. The fourth-order valence-electron chi connectivity index (χ4n) is 2.51. The molecule has 1 aliphatic rings. The van der Waals surface area contributed by atoms with Gasteiger partial charge in [0.25, 0.3) is 0 Å². The van der Waals surface area contributed by atoms with Gasteiger partial charge in [-0.2, -0.15) is 0 Å². The number of nitrogens with zero attached hydrogens (tertiary/aromatic N) is 2. The fourth-order valence-corrected chi connectivity index (χ4v) is 2.51. The van der Waals surface area contributed by atoms with Gasteiger partial charge < -0.3 is 11.1 Å². The van der Waals surface area contributed by atoms with Crippen molar-refractivity contribution in [1.29, 1.82) is 0 Å². The highest BCUT2D eigenvalue weighted by Crippen LogP contribution is 2.11. The van der Waals surface area contributed by atoms with E-state index in [4.69, 9.17) is 5.73 Å². The number of nitrogens with two attached hydrogens (primary N) is 1. The number of halogens is 2. The molecular weight excluding hydrogens is 323 g/mol. The summed E-state index contributed by atoms with van der Waals surface area (Å²) in [6.07, 6.45) is 0. The van der Waals surface area contributed by atoms with Gasteiger partial charge in [0.05, 0.1) is 6.54 Å². The number of rotatable bonds is 5. The Kier molecular flexibility index (Phi) is 10.2. The molecular formula is C15H26Cl2N4O. The van der Waals surface area contributed by atoms with Crippen LogP contribution in [0.25, 0.3) is 0 Å². The number of likely N-dealkylation sites (N-methyl/N-ethyl adjacent to an activating group) is 1. The van der Waals surface area contributed by atoms with E-state index in [-0.39, 0.29) is 30.7 Å². The third-order valence-corrected chi connectivity index (χ3v) is 3.56. The SMILES string of the molecule is CCNC(=O)CN1CCN(Cc2cccc(N)c2)CC1.Cl.Cl. The fraction of sp³-hybridized carbons (Fsp3) is 0.533. The van der Waals surface area contributed by atoms with Crippen LogP contribution in [0.5, 0.6) is 0 Å². The highest BCUT2D eigenvalue weighted by atomic mass is 35.5. The van der Waals surface area contributed by atoms with Gasteiger partial charge in [-0.3, -0.25) is 14.6 Å². The van der Waals surface area contributed by atoms with E-state index < -0.39 is 0 Å². The van der Waals surface area contributed by atoms with Crippen LogP contribution in [0.15, 0.2) is 24.3 Å². The van der Waals surface area contributed by atoms with Crippen LogP contribution in [-0.4, -0.2) is 55.0 Å². The van der Waals surface area contributed by atoms with E-state index in [9.17, 15) is 4.79 Å². The Balaban J connectivity index is 0.00000220. The van der Waals surface area contributed by atoms with Crippen LogP contribution in [-0.2, 0) is 11.3 Å². The van der Waals surface area contributed by atoms with Gasteiger partial charge >= 0.3 is 0 Å². The standard InChI is InChI=1S/C15H24N4O.2ClH/c1-2-17-15(20)12-19-8-6-18(7-9-19)11-13-4-3-5-14(16)10-13;;/h3-5,10H,2,6-9,11-12,16H2,1H3,(H,17,20);2*1H. The largest absolute Gasteiger partial charge is 0.399 e. The van der Waals surface area contributed by atoms with Gasteiger partial charge in [-0.1, -0.05) is 12.1 Å². The van der Waals surface area contributed by atoms with Crippen molar-refractivity contribution >= 4 is 36.4 Å². The first-order valence-electron chi connectivity index (χ1n) is 7.23. The van der Waals surface area contributed by atoms with Crippen molar-refractivity contribution in [3.63, 3.8) is 0 Å². The van der Waals surface area contributed by atoms with E-state index in [1.807, 2.05) is 25.1 Å². The first-order chi connectivity index (χ1) is 9.67. The molecule has 22 heavy (non-hydrogen) atoms. The van der Waals surface area contributed by atoms with Crippen molar-refractivity contribution in [2.24, 2.45) is 0 Å². The number of hydrogen-bond acceptors (Lipinski definition) is 4. The molecule has 0 aromatic heterocycles. The number of hydrogen-bond donors (Lipinski definition) is 2. The topological polar surface area (TPSA) is 61.6 Å². The number of carbonyl (C=O) groups is 1. The maximum atomic E-state index is 11.5. The second-order valence-corrected chi connectivity index (χ2v) is 5.25. The van der Waals surface area contributed by atoms with Crippen LogP contribution in [0, 0.1) is 0 Å². The molecule has 1 saturated heterocycles. The molecule has 126 valence electrons. The molecule has 1 heterocycles. The Hall–Kier alpha value is -1.01. The van der Waals surface area contributed by atoms with Gasteiger partial charge in [-0.05, 0) is 24.6 Å². The van der Waals surface area contributed by atoms with Gasteiger partial charge in [0.2, 0.25) is 5.91 Å². The lowest BCUT2D eigenvalue weighted by atomic mass is 10.2. The van der Waals surface area contributed by atoms with Crippen molar-refractivity contribution in [1.82, 2.24) is 15.1 Å². The highest BCUT2D eigenvalue weighted by molar-refractivity contribution is 5.85. The summed E-state index contributed by atoms with van der Waals surface area (Å²) in [5.74, 6) is 0.122. The normalized spacial score (nSPS) is 15.5. The summed E-state index contributed by atoms with van der Waals surface area (Å²) < 4.78 is 0. The van der Waals surface area contributed by atoms with E-state index in [0.29, 0.717) is 13.1 Å². The third kappa shape index (κ3) is 6.83. The van der Waals surface area contributed by atoms with E-state index in [1.54, 1.807) is 0 Å². The predicted molar refractivity (Wildman–Crippen MR) is 95.8 cm³/mol. The Morgan fingerprint density at radius 2 is 1.82 bits per heavy atom. The van der Waals surface area contributed by atoms with E-state index in [1.165, 1.54) is 5.56 Å². The summed E-state index contributed by atoms with van der Waals surface area (Å²) in [5.41, 5.74) is 7.87. The van der Waals surface area contributed by atoms with Gasteiger partial charge in [-0.25, -0.2) is 0 Å². The quantitative estimate of drug-likeness (QED) is 0.789. The molecule has 5 nitrogen and oxygen atoms in total. The molecule has 0 unspecified atom stereocenters.